The van der Waals surface area contributed by atoms with Crippen LogP contribution in [0.4, 0.5) is 22.0 Å². The van der Waals surface area contributed by atoms with E-state index in [4.69, 9.17) is 9.84 Å². The average molecular weight is 360 g/mol. The third kappa shape index (κ3) is 4.19. The number of H-pyrrole nitrogens is 1. The maximum Gasteiger partial charge on any atom is 0.411 e. The summed E-state index contributed by atoms with van der Waals surface area (Å²) in [4.78, 5) is 25.1. The van der Waals surface area contributed by atoms with E-state index in [1.165, 1.54) is 0 Å². The molecule has 0 bridgehead atoms. The Labute approximate surface area is 130 Å². The minimum absolute atomic E-state index is 0.363. The van der Waals surface area contributed by atoms with Crippen molar-refractivity contribution < 1.29 is 36.5 Å². The highest BCUT2D eigenvalue weighted by molar-refractivity contribution is 5.04. The van der Waals surface area contributed by atoms with Crippen molar-refractivity contribution in [3.63, 3.8) is 0 Å². The van der Waals surface area contributed by atoms with Crippen LogP contribution >= 0.6 is 0 Å². The van der Waals surface area contributed by atoms with E-state index in [1.54, 1.807) is 4.98 Å². The van der Waals surface area contributed by atoms with E-state index in [9.17, 15) is 31.5 Å². The molecule has 1 aliphatic rings. The molecule has 24 heavy (non-hydrogen) atoms. The molecule has 2 heterocycles. The van der Waals surface area contributed by atoms with E-state index < -0.39 is 61.9 Å². The second-order valence-electron chi connectivity index (χ2n) is 5.16. The summed E-state index contributed by atoms with van der Waals surface area (Å²) >= 11 is 0. The molecule has 136 valence electrons. The molecule has 1 fully saturated rings. The average Bonchev–Trinajstić information content (AvgIpc) is 2.74. The molecule has 0 radical (unpaired) electrons. The van der Waals surface area contributed by atoms with Crippen LogP contribution in [0.1, 0.15) is 18.2 Å². The Morgan fingerprint density at radius 3 is 2.62 bits per heavy atom. The molecular weight excluding hydrogens is 347 g/mol. The van der Waals surface area contributed by atoms with E-state index in [-0.39, 0.29) is 5.56 Å². The van der Waals surface area contributed by atoms with Crippen molar-refractivity contribution in [1.29, 1.82) is 0 Å². The molecule has 1 aromatic heterocycles. The molecule has 2 rings (SSSR count). The van der Waals surface area contributed by atoms with Gasteiger partial charge in [-0.1, -0.05) is 0 Å². The zero-order chi connectivity index (χ0) is 18.1. The Bertz CT molecular complexity index is 698. The number of aromatic amines is 1. The predicted molar refractivity (Wildman–Crippen MR) is 67.6 cm³/mol. The normalized spacial score (nSPS) is 23.6. The van der Waals surface area contributed by atoms with Gasteiger partial charge in [-0.15, -0.1) is 0 Å². The standard InChI is InChI=1S/C12H13F5N2O5/c13-11(14)1-8(24-7(11)3-20)19-2-6(9(21)18-10(19)22)4-23-5-12(15,16)17/h2,7-8,20H,1,3-5H2,(H,18,21,22)/t7-,8-/m1/s1. The van der Waals surface area contributed by atoms with Crippen LogP contribution in [0.25, 0.3) is 0 Å². The minimum atomic E-state index is -4.60. The Morgan fingerprint density at radius 2 is 2.08 bits per heavy atom. The van der Waals surface area contributed by atoms with E-state index in [0.29, 0.717) is 4.57 Å². The molecular formula is C12H13F5N2O5. The summed E-state index contributed by atoms with van der Waals surface area (Å²) in [7, 11) is 0. The fraction of sp³-hybridized carbons (Fsp3) is 0.667. The number of hydrogen-bond donors (Lipinski definition) is 2. The van der Waals surface area contributed by atoms with Gasteiger partial charge in [-0.25, -0.2) is 13.6 Å². The summed E-state index contributed by atoms with van der Waals surface area (Å²) in [6, 6.07) is 0. The monoisotopic (exact) mass is 360 g/mol. The number of hydrogen-bond acceptors (Lipinski definition) is 5. The molecule has 0 aromatic carbocycles. The first-order chi connectivity index (χ1) is 11.0. The van der Waals surface area contributed by atoms with Crippen molar-refractivity contribution in [1.82, 2.24) is 9.55 Å². The van der Waals surface area contributed by atoms with E-state index in [2.05, 4.69) is 4.74 Å². The number of alkyl halides is 5. The van der Waals surface area contributed by atoms with Crippen LogP contribution in [0, 0.1) is 0 Å². The number of aliphatic hydroxyl groups excluding tert-OH is 1. The first-order valence-electron chi connectivity index (χ1n) is 6.66. The number of rotatable bonds is 5. The maximum atomic E-state index is 13.6. The second-order valence-corrected chi connectivity index (χ2v) is 5.16. The van der Waals surface area contributed by atoms with Crippen molar-refractivity contribution in [3.05, 3.63) is 32.6 Å². The van der Waals surface area contributed by atoms with Gasteiger partial charge in [-0.05, 0) is 0 Å². The molecule has 0 amide bonds. The molecule has 0 saturated carbocycles. The first kappa shape index (κ1) is 18.5. The van der Waals surface area contributed by atoms with Crippen molar-refractivity contribution in [2.75, 3.05) is 13.2 Å². The van der Waals surface area contributed by atoms with Gasteiger partial charge in [0.2, 0.25) is 0 Å². The summed E-state index contributed by atoms with van der Waals surface area (Å²) < 4.78 is 73.0. The van der Waals surface area contributed by atoms with Crippen molar-refractivity contribution in [2.24, 2.45) is 0 Å². The summed E-state index contributed by atoms with van der Waals surface area (Å²) in [6.45, 7) is -3.37. The van der Waals surface area contributed by atoms with Crippen LogP contribution in [0.15, 0.2) is 15.8 Å². The zero-order valence-electron chi connectivity index (χ0n) is 12.0. The largest absolute Gasteiger partial charge is 0.411 e. The number of aromatic nitrogens is 2. The fourth-order valence-corrected chi connectivity index (χ4v) is 2.16. The number of ether oxygens (including phenoxy) is 2. The Balaban J connectivity index is 2.21. The molecule has 1 saturated heterocycles. The van der Waals surface area contributed by atoms with Crippen LogP contribution < -0.4 is 11.2 Å². The third-order valence-electron chi connectivity index (χ3n) is 3.28. The zero-order valence-corrected chi connectivity index (χ0v) is 12.0. The lowest BCUT2D eigenvalue weighted by molar-refractivity contribution is -0.176. The smallest absolute Gasteiger partial charge is 0.393 e. The molecule has 2 N–H and O–H groups in total. The number of halogens is 5. The van der Waals surface area contributed by atoms with Crippen molar-refractivity contribution in [2.45, 2.75) is 37.5 Å². The van der Waals surface area contributed by atoms with Crippen LogP contribution in [-0.4, -0.2) is 46.1 Å². The highest BCUT2D eigenvalue weighted by Crippen LogP contribution is 2.39. The maximum absolute atomic E-state index is 13.6. The van der Waals surface area contributed by atoms with Crippen molar-refractivity contribution in [3.8, 4) is 0 Å². The van der Waals surface area contributed by atoms with Crippen LogP contribution in [0.3, 0.4) is 0 Å². The number of aliphatic hydroxyl groups is 1. The molecule has 0 aliphatic carbocycles. The second kappa shape index (κ2) is 6.61. The van der Waals surface area contributed by atoms with Gasteiger partial charge in [0.1, 0.15) is 18.9 Å². The fourth-order valence-electron chi connectivity index (χ4n) is 2.16. The van der Waals surface area contributed by atoms with E-state index in [0.717, 1.165) is 6.20 Å². The van der Waals surface area contributed by atoms with Gasteiger partial charge in [0.05, 0.1) is 25.2 Å². The van der Waals surface area contributed by atoms with Crippen molar-refractivity contribution >= 4 is 0 Å². The lowest BCUT2D eigenvalue weighted by atomic mass is 10.1. The highest BCUT2D eigenvalue weighted by atomic mass is 19.4. The number of nitrogens with zero attached hydrogens (tertiary/aromatic N) is 1. The van der Waals surface area contributed by atoms with Gasteiger partial charge in [0.15, 0.2) is 0 Å². The van der Waals surface area contributed by atoms with Gasteiger partial charge >= 0.3 is 11.9 Å². The number of nitrogens with one attached hydrogen (secondary N) is 1. The summed E-state index contributed by atoms with van der Waals surface area (Å²) in [5.41, 5.74) is -2.43. The van der Waals surface area contributed by atoms with E-state index >= 15 is 0 Å². The Kier molecular flexibility index (Phi) is 5.11. The van der Waals surface area contributed by atoms with Gasteiger partial charge in [0.25, 0.3) is 11.5 Å². The van der Waals surface area contributed by atoms with Crippen LogP contribution in [0.2, 0.25) is 0 Å². The Morgan fingerprint density at radius 1 is 1.42 bits per heavy atom. The van der Waals surface area contributed by atoms with Crippen LogP contribution in [-0.2, 0) is 16.1 Å². The van der Waals surface area contributed by atoms with Crippen LogP contribution in [0.5, 0.6) is 0 Å². The predicted octanol–water partition coefficient (Wildman–Crippen LogP) is 0.531. The van der Waals surface area contributed by atoms with E-state index in [1.807, 2.05) is 0 Å². The molecule has 1 aromatic rings. The third-order valence-corrected chi connectivity index (χ3v) is 3.28. The van der Waals surface area contributed by atoms with Gasteiger partial charge in [-0.2, -0.15) is 13.2 Å². The summed E-state index contributed by atoms with van der Waals surface area (Å²) in [5.74, 6) is -3.40. The molecule has 1 aliphatic heterocycles. The Hall–Kier alpha value is -1.79. The molecule has 0 spiro atoms. The SMILES string of the molecule is O=c1[nH]c(=O)n([C@H]2CC(F)(F)[C@@H](CO)O2)cc1COCC(F)(F)F. The first-order valence-corrected chi connectivity index (χ1v) is 6.66. The summed E-state index contributed by atoms with van der Waals surface area (Å²) in [5, 5.41) is 8.85. The topological polar surface area (TPSA) is 93.6 Å². The van der Waals surface area contributed by atoms with Gasteiger partial charge in [-0.3, -0.25) is 14.3 Å². The lowest BCUT2D eigenvalue weighted by Crippen LogP contribution is -2.34. The quantitative estimate of drug-likeness (QED) is 0.748. The minimum Gasteiger partial charge on any atom is -0.393 e. The van der Waals surface area contributed by atoms with Gasteiger partial charge in [0, 0.05) is 6.20 Å². The van der Waals surface area contributed by atoms with Gasteiger partial charge < -0.3 is 14.6 Å². The molecule has 2 atom stereocenters. The summed E-state index contributed by atoms with van der Waals surface area (Å²) in [6.07, 6.45) is -8.05. The lowest BCUT2D eigenvalue weighted by Gasteiger charge is -2.15. The molecule has 7 nitrogen and oxygen atoms in total. The molecule has 0 unspecified atom stereocenters. The highest BCUT2D eigenvalue weighted by Gasteiger charge is 2.50. The molecule has 12 heteroatoms.